The third kappa shape index (κ3) is 12.3. The maximum atomic E-state index is 14.5. The average molecular weight is 1300 g/mol. The quantitative estimate of drug-likeness (QED) is 0.0384. The first-order valence-corrected chi connectivity index (χ1v) is 32.5. The number of fused-ring (bicyclic) bond motifs is 4. The number of allylic oxidation sites excluding steroid dienone is 2. The van der Waals surface area contributed by atoms with Crippen molar-refractivity contribution < 1.29 is 140 Å². The van der Waals surface area contributed by atoms with Gasteiger partial charge in [-0.2, -0.15) is 8.42 Å². The summed E-state index contributed by atoms with van der Waals surface area (Å²) in [4.78, 5) is 28.9. The second-order valence-corrected chi connectivity index (χ2v) is 29.2. The van der Waals surface area contributed by atoms with Gasteiger partial charge in [-0.1, -0.05) is 59.6 Å². The Balaban J connectivity index is 0.907. The van der Waals surface area contributed by atoms with Crippen molar-refractivity contribution in [3.8, 4) is 0 Å². The van der Waals surface area contributed by atoms with E-state index in [4.69, 9.17) is 61.0 Å². The molecule has 4 aliphatic carbocycles. The highest BCUT2D eigenvalue weighted by Gasteiger charge is 2.79. The lowest BCUT2D eigenvalue weighted by Gasteiger charge is -2.63. The van der Waals surface area contributed by atoms with E-state index in [0.29, 0.717) is 44.4 Å². The van der Waals surface area contributed by atoms with Crippen LogP contribution in [0.25, 0.3) is 0 Å². The van der Waals surface area contributed by atoms with Crippen molar-refractivity contribution in [2.24, 2.45) is 45.3 Å². The number of aliphatic hydroxyl groups is 11. The van der Waals surface area contributed by atoms with Gasteiger partial charge in [-0.25, -0.2) is 4.18 Å². The molecular weight excluding hydrogens is 1200 g/mol. The molecule has 9 fully saturated rings. The largest absolute Gasteiger partial charge is 0.458 e. The van der Waals surface area contributed by atoms with Gasteiger partial charge >= 0.3 is 16.4 Å². The molecule has 29 nitrogen and oxygen atoms in total. The summed E-state index contributed by atoms with van der Waals surface area (Å²) in [5.41, 5.74) is -2.64. The zero-order chi connectivity index (χ0) is 65.0. The number of esters is 1. The average Bonchev–Trinajstić information content (AvgIpc) is 1.53. The highest BCUT2D eigenvalue weighted by atomic mass is 32.3. The SMILES string of the molecule is CO[C@@H]1[C@@H](O)[C@H](O[C@@H]2[C@@H](O)[C@H](O[C@H]3[C@H](O)[C@@H](O[C@@H]4OC[C@@H](O)[C@H](O)[C@H]4O)[C@H](O[C@H]4[C@H](O[C@H]5CC[C@]6(C)[C@H]7CC[C@]89C(=O)O[C@@](C)(CCCC(C)C)[C@H]8C(=O)C[C@@]9(C)C7=CC[C@H]6C5(C)C)OC[C@@H](OS(=O)(=O)O)[C@@H]4O)O[C@@H]3C)O[C@H](CO)[C@H]2O)O[C@H](CO)[C@H]1O. The fourth-order valence-corrected chi connectivity index (χ4v) is 17.8. The van der Waals surface area contributed by atoms with E-state index in [1.54, 1.807) is 0 Å². The zero-order valence-electron chi connectivity index (χ0n) is 51.7. The van der Waals surface area contributed by atoms with E-state index in [1.807, 2.05) is 6.92 Å². The second kappa shape index (κ2) is 26.1. The van der Waals surface area contributed by atoms with E-state index in [-0.39, 0.29) is 35.4 Å². The Kier molecular flexibility index (Phi) is 20.5. The van der Waals surface area contributed by atoms with Gasteiger partial charge in [0.25, 0.3) is 0 Å². The minimum Gasteiger partial charge on any atom is -0.458 e. The van der Waals surface area contributed by atoms with E-state index in [9.17, 15) is 78.7 Å². The van der Waals surface area contributed by atoms with Crippen LogP contribution in [-0.2, 0) is 81.0 Å². The maximum absolute atomic E-state index is 14.5. The highest BCUT2D eigenvalue weighted by Crippen LogP contribution is 2.75. The first kappa shape index (κ1) is 69.7. The zero-order valence-corrected chi connectivity index (χ0v) is 52.5. The number of cyclic esters (lactones) is 1. The van der Waals surface area contributed by atoms with Gasteiger partial charge in [0.1, 0.15) is 115 Å². The van der Waals surface area contributed by atoms with Crippen molar-refractivity contribution in [3.05, 3.63) is 11.6 Å². The molecule has 6 saturated heterocycles. The summed E-state index contributed by atoms with van der Waals surface area (Å²) in [6.45, 7) is 13.1. The first-order valence-electron chi connectivity index (χ1n) is 31.2. The van der Waals surface area contributed by atoms with E-state index in [1.165, 1.54) is 14.0 Å². The molecule has 0 aromatic carbocycles. The van der Waals surface area contributed by atoms with Gasteiger partial charge < -0.3 is 113 Å². The molecule has 0 bridgehead atoms. The highest BCUT2D eigenvalue weighted by molar-refractivity contribution is 7.80. The molecule has 10 aliphatic rings. The minimum absolute atomic E-state index is 0.0137. The smallest absolute Gasteiger partial charge is 0.397 e. The normalized spacial score (nSPS) is 50.8. The Morgan fingerprint density at radius 3 is 1.89 bits per heavy atom. The number of carbonyl (C=O) groups is 2. The van der Waals surface area contributed by atoms with Crippen molar-refractivity contribution in [2.45, 2.75) is 266 Å². The van der Waals surface area contributed by atoms with Crippen LogP contribution in [0.3, 0.4) is 0 Å². The maximum Gasteiger partial charge on any atom is 0.397 e. The summed E-state index contributed by atoms with van der Waals surface area (Å²) in [7, 11) is -4.10. The third-order valence-electron chi connectivity index (χ3n) is 22.0. The van der Waals surface area contributed by atoms with Gasteiger partial charge in [-0.15, -0.1) is 0 Å². The van der Waals surface area contributed by atoms with Crippen LogP contribution in [-0.4, -0.2) is 267 Å². The van der Waals surface area contributed by atoms with Crippen molar-refractivity contribution in [3.63, 3.8) is 0 Å². The van der Waals surface area contributed by atoms with E-state index in [2.05, 4.69) is 47.6 Å². The molecule has 6 aliphatic heterocycles. The number of aliphatic hydroxyl groups excluding tert-OH is 11. The summed E-state index contributed by atoms with van der Waals surface area (Å²) in [6, 6.07) is 0. The van der Waals surface area contributed by atoms with Crippen LogP contribution in [0.15, 0.2) is 11.6 Å². The Morgan fingerprint density at radius 1 is 0.663 bits per heavy atom. The summed E-state index contributed by atoms with van der Waals surface area (Å²) in [5.74, 6) is -0.434. The first-order chi connectivity index (χ1) is 41.7. The molecule has 0 amide bonds. The van der Waals surface area contributed by atoms with Gasteiger partial charge in [0.15, 0.2) is 31.5 Å². The molecule has 0 aromatic heterocycles. The molecule has 89 heavy (non-hydrogen) atoms. The van der Waals surface area contributed by atoms with E-state index < -0.39 is 212 Å². The number of carbonyl (C=O) groups excluding carboxylic acids is 2. The van der Waals surface area contributed by atoms with Crippen molar-refractivity contribution >= 4 is 22.2 Å². The van der Waals surface area contributed by atoms with Crippen molar-refractivity contribution in [1.29, 1.82) is 0 Å². The minimum atomic E-state index is -5.27. The standard InChI is InChI=1S/C59H94O29S/c1-24(2)11-10-16-58(8)48-28(62)19-57(7)27-12-13-33-55(4,5)34(15-17-56(33,6)26(27)14-18-59(48,57)54(72)87-58)82-52-46(38(67)32(23-78-52)88-89(73,74)75)86-53-47(85-49-39(68)35(64)29(63)22-77-49)40(69)43(25(3)79-53)83-51-42(71)45(37(66)31(21-61)81-51)84-50-41(70)44(76-9)36(65)30(20-60)80-50/h12,24-26,29-53,60-61,63-71H,10-11,13-23H2,1-9H3,(H,73,74,75)/t25-,26+,29-,30-,31-,32-,33+,34+,35+,36-,37-,38+,39-,40+,41-,42-,43-,44+,45+,46-,47-,48-,49+,50+,51+,52+,53+,56-,57+,58+,59-/m1/s1. The fraction of sp³-hybridized carbons (Fsp3) is 0.932. The van der Waals surface area contributed by atoms with Crippen molar-refractivity contribution in [1.82, 2.24) is 0 Å². The van der Waals surface area contributed by atoms with Crippen molar-refractivity contribution in [2.75, 3.05) is 33.5 Å². The summed E-state index contributed by atoms with van der Waals surface area (Å²) >= 11 is 0. The predicted molar refractivity (Wildman–Crippen MR) is 298 cm³/mol. The lowest BCUT2D eigenvalue weighted by atomic mass is 9.41. The lowest BCUT2D eigenvalue weighted by Crippen LogP contribution is -2.68. The Hall–Kier alpha value is -2.13. The molecule has 3 saturated carbocycles. The van der Waals surface area contributed by atoms with Crippen LogP contribution < -0.4 is 0 Å². The van der Waals surface area contributed by atoms with Crippen LogP contribution in [0.4, 0.5) is 0 Å². The van der Waals surface area contributed by atoms with E-state index >= 15 is 0 Å². The van der Waals surface area contributed by atoms with Crippen LogP contribution in [0.1, 0.15) is 113 Å². The Labute approximate surface area is 517 Å². The summed E-state index contributed by atoms with van der Waals surface area (Å²) in [5, 5.41) is 122. The van der Waals surface area contributed by atoms with Gasteiger partial charge in [-0.3, -0.25) is 14.1 Å². The number of ether oxygens (including phenoxy) is 12. The monoisotopic (exact) mass is 1300 g/mol. The molecule has 10 rings (SSSR count). The number of Topliss-reactive ketones (excluding diaryl/α,β-unsaturated/α-hetero) is 1. The van der Waals surface area contributed by atoms with Gasteiger partial charge in [0.05, 0.1) is 50.0 Å². The van der Waals surface area contributed by atoms with Gasteiger partial charge in [0.2, 0.25) is 0 Å². The molecule has 0 radical (unpaired) electrons. The molecule has 30 heteroatoms. The summed E-state index contributed by atoms with van der Waals surface area (Å²) in [6.07, 6.45) is -33.9. The molecule has 510 valence electrons. The van der Waals surface area contributed by atoms with Gasteiger partial charge in [0, 0.05) is 18.9 Å². The number of methoxy groups -OCH3 is 1. The summed E-state index contributed by atoms with van der Waals surface area (Å²) < 4.78 is 112. The topological polar surface area (TPSA) is 431 Å². The number of hydrogen-bond acceptors (Lipinski definition) is 28. The number of hydrogen-bond donors (Lipinski definition) is 12. The Bertz CT molecular complexity index is 2650. The molecule has 6 heterocycles. The molecule has 0 aromatic rings. The molecule has 1 spiro atoms. The third-order valence-corrected chi connectivity index (χ3v) is 22.5. The van der Waals surface area contributed by atoms with Crippen LogP contribution >= 0.6 is 0 Å². The molecule has 31 atom stereocenters. The van der Waals surface area contributed by atoms with Gasteiger partial charge in [-0.05, 0) is 87.4 Å². The molecule has 12 N–H and O–H groups in total. The van der Waals surface area contributed by atoms with Crippen LogP contribution in [0, 0.1) is 45.3 Å². The molecule has 0 unspecified atom stereocenters. The Morgan fingerprint density at radius 2 is 1.26 bits per heavy atom. The van der Waals surface area contributed by atoms with E-state index in [0.717, 1.165) is 18.4 Å². The number of ketones is 1. The number of rotatable bonds is 19. The van der Waals surface area contributed by atoms with Crippen LogP contribution in [0.2, 0.25) is 0 Å². The van der Waals surface area contributed by atoms with Crippen LogP contribution in [0.5, 0.6) is 0 Å². The predicted octanol–water partition coefficient (Wildman–Crippen LogP) is -1.84. The fourth-order valence-electron chi connectivity index (χ4n) is 17.4. The second-order valence-electron chi connectivity index (χ2n) is 28.1. The molecular formula is C59H94O29S. The lowest BCUT2D eigenvalue weighted by molar-refractivity contribution is -0.403.